The second kappa shape index (κ2) is 9.14. The van der Waals surface area contributed by atoms with E-state index in [1.807, 2.05) is 18.2 Å². The number of carbonyl (C=O) groups excluding carboxylic acids is 1. The van der Waals surface area contributed by atoms with Crippen molar-refractivity contribution in [2.75, 3.05) is 13.1 Å². The smallest absolute Gasteiger partial charge is 0.234 e. The first kappa shape index (κ1) is 17.2. The monoisotopic (exact) mass is 291 g/mol. The SMILES string of the molecule is Cl.Cl.O=C(CNCC1CC1)NCc1ccccn1. The van der Waals surface area contributed by atoms with E-state index < -0.39 is 0 Å². The molecule has 0 saturated heterocycles. The number of rotatable bonds is 6. The number of aromatic nitrogens is 1. The van der Waals surface area contributed by atoms with Gasteiger partial charge >= 0.3 is 0 Å². The second-order valence-electron chi connectivity index (χ2n) is 4.17. The van der Waals surface area contributed by atoms with E-state index in [-0.39, 0.29) is 30.7 Å². The molecule has 1 saturated carbocycles. The second-order valence-corrected chi connectivity index (χ2v) is 4.17. The molecule has 0 spiro atoms. The minimum Gasteiger partial charge on any atom is -0.349 e. The number of carbonyl (C=O) groups is 1. The summed E-state index contributed by atoms with van der Waals surface area (Å²) in [5, 5.41) is 5.98. The zero-order valence-electron chi connectivity index (χ0n) is 10.1. The first-order chi connectivity index (χ1) is 7.84. The molecule has 102 valence electrons. The molecule has 0 aromatic carbocycles. The van der Waals surface area contributed by atoms with Crippen molar-refractivity contribution in [2.45, 2.75) is 19.4 Å². The topological polar surface area (TPSA) is 54.0 Å². The predicted molar refractivity (Wildman–Crippen MR) is 76.2 cm³/mol. The molecule has 1 amide bonds. The van der Waals surface area contributed by atoms with Gasteiger partial charge in [0.05, 0.1) is 18.8 Å². The van der Waals surface area contributed by atoms with E-state index in [0.29, 0.717) is 13.1 Å². The number of nitrogens with one attached hydrogen (secondary N) is 2. The Labute approximate surface area is 120 Å². The lowest BCUT2D eigenvalue weighted by Gasteiger charge is -2.05. The minimum absolute atomic E-state index is 0. The Hall–Kier alpha value is -0.840. The number of hydrogen-bond donors (Lipinski definition) is 2. The summed E-state index contributed by atoms with van der Waals surface area (Å²) in [6, 6.07) is 5.68. The van der Waals surface area contributed by atoms with Crippen molar-refractivity contribution in [3.8, 4) is 0 Å². The van der Waals surface area contributed by atoms with Crippen LogP contribution in [0.4, 0.5) is 0 Å². The molecule has 1 fully saturated rings. The lowest BCUT2D eigenvalue weighted by Crippen LogP contribution is -2.34. The molecule has 1 heterocycles. The largest absolute Gasteiger partial charge is 0.349 e. The van der Waals surface area contributed by atoms with Crippen LogP contribution in [0, 0.1) is 5.92 Å². The molecule has 1 aromatic heterocycles. The molecule has 1 aliphatic rings. The number of halogens is 2. The molecule has 0 atom stereocenters. The van der Waals surface area contributed by atoms with Gasteiger partial charge in [-0.2, -0.15) is 0 Å². The Morgan fingerprint density at radius 2 is 2.11 bits per heavy atom. The van der Waals surface area contributed by atoms with E-state index in [1.165, 1.54) is 12.8 Å². The molecule has 4 nitrogen and oxygen atoms in total. The van der Waals surface area contributed by atoms with Crippen LogP contribution in [0.2, 0.25) is 0 Å². The Morgan fingerprint density at radius 3 is 2.72 bits per heavy atom. The van der Waals surface area contributed by atoms with Gasteiger partial charge in [-0.1, -0.05) is 6.07 Å². The maximum Gasteiger partial charge on any atom is 0.234 e. The van der Waals surface area contributed by atoms with Gasteiger partial charge in [-0.05, 0) is 37.4 Å². The molecule has 0 unspecified atom stereocenters. The molecular formula is C12H19Cl2N3O. The van der Waals surface area contributed by atoms with Crippen LogP contribution in [0.1, 0.15) is 18.5 Å². The van der Waals surface area contributed by atoms with Crippen LogP contribution in [-0.2, 0) is 11.3 Å². The molecule has 6 heteroatoms. The third kappa shape index (κ3) is 6.79. The van der Waals surface area contributed by atoms with Crippen molar-refractivity contribution in [3.63, 3.8) is 0 Å². The number of pyridine rings is 1. The van der Waals surface area contributed by atoms with E-state index >= 15 is 0 Å². The van der Waals surface area contributed by atoms with Gasteiger partial charge in [-0.25, -0.2) is 0 Å². The summed E-state index contributed by atoms with van der Waals surface area (Å²) in [5.41, 5.74) is 0.887. The fourth-order valence-corrected chi connectivity index (χ4v) is 1.47. The molecular weight excluding hydrogens is 273 g/mol. The first-order valence-corrected chi connectivity index (χ1v) is 5.72. The highest BCUT2D eigenvalue weighted by Gasteiger charge is 2.20. The molecule has 1 aliphatic carbocycles. The maximum atomic E-state index is 11.4. The van der Waals surface area contributed by atoms with E-state index in [4.69, 9.17) is 0 Å². The molecule has 0 aliphatic heterocycles. The summed E-state index contributed by atoms with van der Waals surface area (Å²) < 4.78 is 0. The number of amides is 1. The van der Waals surface area contributed by atoms with Crippen LogP contribution in [0.5, 0.6) is 0 Å². The van der Waals surface area contributed by atoms with Gasteiger partial charge in [-0.3, -0.25) is 9.78 Å². The summed E-state index contributed by atoms with van der Waals surface area (Å²) in [4.78, 5) is 15.6. The lowest BCUT2D eigenvalue weighted by atomic mass is 10.3. The maximum absolute atomic E-state index is 11.4. The van der Waals surface area contributed by atoms with Gasteiger partial charge in [0.1, 0.15) is 0 Å². The van der Waals surface area contributed by atoms with Crippen molar-refractivity contribution >= 4 is 30.7 Å². The van der Waals surface area contributed by atoms with Crippen molar-refractivity contribution in [2.24, 2.45) is 5.92 Å². The standard InChI is InChI=1S/C12H17N3O.2ClH/c16-12(9-13-7-10-4-5-10)15-8-11-3-1-2-6-14-11;;/h1-3,6,10,13H,4-5,7-9H2,(H,15,16);2*1H. The van der Waals surface area contributed by atoms with E-state index in [9.17, 15) is 4.79 Å². The Morgan fingerprint density at radius 1 is 1.33 bits per heavy atom. The number of hydrogen-bond acceptors (Lipinski definition) is 3. The summed E-state index contributed by atoms with van der Waals surface area (Å²) in [6.07, 6.45) is 4.35. The van der Waals surface area contributed by atoms with Gasteiger partial charge in [0.2, 0.25) is 5.91 Å². The third-order valence-corrected chi connectivity index (χ3v) is 2.61. The first-order valence-electron chi connectivity index (χ1n) is 5.72. The highest BCUT2D eigenvalue weighted by molar-refractivity contribution is 5.85. The Balaban J connectivity index is 0.00000144. The van der Waals surface area contributed by atoms with Gasteiger partial charge in [0, 0.05) is 6.20 Å². The molecule has 0 radical (unpaired) electrons. The zero-order chi connectivity index (χ0) is 11.2. The fourth-order valence-electron chi connectivity index (χ4n) is 1.47. The average molecular weight is 292 g/mol. The van der Waals surface area contributed by atoms with Crippen LogP contribution in [0.15, 0.2) is 24.4 Å². The minimum atomic E-state index is 0. The normalized spacial score (nSPS) is 13.1. The van der Waals surface area contributed by atoms with Crippen LogP contribution in [0.25, 0.3) is 0 Å². The van der Waals surface area contributed by atoms with E-state index in [2.05, 4.69) is 15.6 Å². The van der Waals surface area contributed by atoms with Crippen molar-refractivity contribution in [1.29, 1.82) is 0 Å². The highest BCUT2D eigenvalue weighted by Crippen LogP contribution is 2.27. The molecule has 2 N–H and O–H groups in total. The van der Waals surface area contributed by atoms with Crippen LogP contribution < -0.4 is 10.6 Å². The van der Waals surface area contributed by atoms with Gasteiger partial charge in [0.25, 0.3) is 0 Å². The van der Waals surface area contributed by atoms with Gasteiger partial charge < -0.3 is 10.6 Å². The van der Waals surface area contributed by atoms with Crippen molar-refractivity contribution in [1.82, 2.24) is 15.6 Å². The molecule has 2 rings (SSSR count). The summed E-state index contributed by atoms with van der Waals surface area (Å²) in [7, 11) is 0. The van der Waals surface area contributed by atoms with Gasteiger partial charge in [-0.15, -0.1) is 24.8 Å². The summed E-state index contributed by atoms with van der Waals surface area (Å²) >= 11 is 0. The van der Waals surface area contributed by atoms with Gasteiger partial charge in [0.15, 0.2) is 0 Å². The van der Waals surface area contributed by atoms with E-state index in [0.717, 1.165) is 18.2 Å². The Bertz CT molecular complexity index is 344. The van der Waals surface area contributed by atoms with Crippen LogP contribution >= 0.6 is 24.8 Å². The summed E-state index contributed by atoms with van der Waals surface area (Å²) in [5.74, 6) is 0.842. The summed E-state index contributed by atoms with van der Waals surface area (Å²) in [6.45, 7) is 1.88. The Kier molecular flexibility index (Phi) is 8.71. The molecule has 0 bridgehead atoms. The molecule has 1 aromatic rings. The lowest BCUT2D eigenvalue weighted by molar-refractivity contribution is -0.120. The highest BCUT2D eigenvalue weighted by atomic mass is 35.5. The van der Waals surface area contributed by atoms with Crippen molar-refractivity contribution in [3.05, 3.63) is 30.1 Å². The third-order valence-electron chi connectivity index (χ3n) is 2.61. The van der Waals surface area contributed by atoms with Crippen LogP contribution in [-0.4, -0.2) is 24.0 Å². The average Bonchev–Trinajstić information content (AvgIpc) is 3.12. The number of nitrogens with zero attached hydrogens (tertiary/aromatic N) is 1. The van der Waals surface area contributed by atoms with Crippen LogP contribution in [0.3, 0.4) is 0 Å². The van der Waals surface area contributed by atoms with E-state index in [1.54, 1.807) is 6.20 Å². The fraction of sp³-hybridized carbons (Fsp3) is 0.500. The zero-order valence-corrected chi connectivity index (χ0v) is 11.7. The molecule has 18 heavy (non-hydrogen) atoms. The van der Waals surface area contributed by atoms with Crippen molar-refractivity contribution < 1.29 is 4.79 Å². The predicted octanol–water partition coefficient (Wildman–Crippen LogP) is 1.54. The quantitative estimate of drug-likeness (QED) is 0.836.